The third-order valence-electron chi connectivity index (χ3n) is 3.85. The molecule has 0 nitrogen and oxygen atoms in total. The van der Waals surface area contributed by atoms with Crippen molar-refractivity contribution in [2.45, 2.75) is 9.46 Å². The van der Waals surface area contributed by atoms with E-state index in [1.807, 2.05) is 0 Å². The fraction of sp³-hybridized carbons (Fsp3) is 0.111. The highest BCUT2D eigenvalue weighted by Gasteiger charge is 2.37. The fourth-order valence-corrected chi connectivity index (χ4v) is 4.73. The molecule has 0 amide bonds. The maximum Gasteiger partial charge on any atom is 0.135 e. The van der Waals surface area contributed by atoms with Crippen molar-refractivity contribution >= 4 is 29.4 Å². The normalized spacial score (nSPS) is 29.1. The zero-order chi connectivity index (χ0) is 13.6. The van der Waals surface area contributed by atoms with Crippen LogP contribution in [0.3, 0.4) is 0 Å². The minimum atomic E-state index is -0.472. The number of fused-ring (bicyclic) bond motifs is 2. The molecule has 0 saturated carbocycles. The van der Waals surface area contributed by atoms with Crippen molar-refractivity contribution in [2.75, 3.05) is 0 Å². The second-order valence-electron chi connectivity index (χ2n) is 5.09. The molecule has 1 aromatic rings. The van der Waals surface area contributed by atoms with Crippen molar-refractivity contribution in [2.24, 2.45) is 0 Å². The molecule has 98 valence electrons. The molecule has 0 heterocycles. The molecule has 4 rings (SSSR count). The molecule has 0 radical (unpaired) electrons. The van der Waals surface area contributed by atoms with Crippen LogP contribution in [0, 0.1) is 0 Å². The maximum absolute atomic E-state index is 6.92. The number of rotatable bonds is 2. The lowest BCUT2D eigenvalue weighted by atomic mass is 10.0. The molecule has 0 fully saturated rings. The lowest BCUT2D eigenvalue weighted by Crippen LogP contribution is -2.20. The predicted molar refractivity (Wildman–Crippen MR) is 88.8 cm³/mol. The van der Waals surface area contributed by atoms with E-state index >= 15 is 0 Å². The quantitative estimate of drug-likeness (QED) is 0.657. The Morgan fingerprint density at radius 2 is 1.95 bits per heavy atom. The number of alkyl halides is 1. The summed E-state index contributed by atoms with van der Waals surface area (Å²) in [6.07, 6.45) is 17.0. The van der Waals surface area contributed by atoms with Crippen molar-refractivity contribution < 1.29 is 0 Å². The van der Waals surface area contributed by atoms with Gasteiger partial charge in [0.2, 0.25) is 0 Å². The molecule has 3 aliphatic rings. The molecule has 0 aliphatic heterocycles. The fourth-order valence-electron chi connectivity index (χ4n) is 2.86. The van der Waals surface area contributed by atoms with Gasteiger partial charge in [-0.2, -0.15) is 0 Å². The molecule has 2 atom stereocenters. The Bertz CT molecular complexity index is 721. The molecule has 0 N–H and O–H groups in total. The Morgan fingerprint density at radius 3 is 2.90 bits per heavy atom. The van der Waals surface area contributed by atoms with Gasteiger partial charge in [-0.1, -0.05) is 78.4 Å². The SMILES string of the molecule is ClC1(SC2C=Cc3ccccc32)C=CC=C2C=CC=C21. The summed E-state index contributed by atoms with van der Waals surface area (Å²) in [6, 6.07) is 8.53. The second kappa shape index (κ2) is 4.54. The van der Waals surface area contributed by atoms with Gasteiger partial charge < -0.3 is 0 Å². The lowest BCUT2D eigenvalue weighted by molar-refractivity contribution is 1.13. The van der Waals surface area contributed by atoms with Gasteiger partial charge in [0.1, 0.15) is 4.21 Å². The van der Waals surface area contributed by atoms with Crippen LogP contribution in [0.5, 0.6) is 0 Å². The number of hydrogen-bond acceptors (Lipinski definition) is 1. The number of thioether (sulfide) groups is 1. The van der Waals surface area contributed by atoms with Crippen LogP contribution in [0.1, 0.15) is 16.4 Å². The molecule has 2 unspecified atom stereocenters. The van der Waals surface area contributed by atoms with Gasteiger partial charge in [-0.05, 0) is 28.3 Å². The first-order chi connectivity index (χ1) is 9.76. The van der Waals surface area contributed by atoms with Crippen LogP contribution in [0.2, 0.25) is 0 Å². The highest BCUT2D eigenvalue weighted by atomic mass is 35.5. The van der Waals surface area contributed by atoms with E-state index in [1.165, 1.54) is 22.3 Å². The first-order valence-corrected chi connectivity index (χ1v) is 7.95. The summed E-state index contributed by atoms with van der Waals surface area (Å²) >= 11 is 8.71. The van der Waals surface area contributed by atoms with Crippen LogP contribution in [0.25, 0.3) is 6.08 Å². The minimum absolute atomic E-state index is 0.314. The molecule has 3 aliphatic carbocycles. The first-order valence-electron chi connectivity index (χ1n) is 6.69. The van der Waals surface area contributed by atoms with Crippen molar-refractivity contribution in [3.63, 3.8) is 0 Å². The minimum Gasteiger partial charge on any atom is -0.118 e. The van der Waals surface area contributed by atoms with Gasteiger partial charge in [0, 0.05) is 0 Å². The topological polar surface area (TPSA) is 0 Å². The van der Waals surface area contributed by atoms with E-state index in [9.17, 15) is 0 Å². The summed E-state index contributed by atoms with van der Waals surface area (Å²) in [5.41, 5.74) is 5.09. The van der Waals surface area contributed by atoms with Gasteiger partial charge in [0.05, 0.1) is 5.25 Å². The molecular weight excluding hydrogens is 284 g/mol. The van der Waals surface area contributed by atoms with Gasteiger partial charge in [-0.15, -0.1) is 11.8 Å². The van der Waals surface area contributed by atoms with Gasteiger partial charge in [0.15, 0.2) is 0 Å². The van der Waals surface area contributed by atoms with E-state index in [2.05, 4.69) is 72.9 Å². The number of benzene rings is 1. The Kier molecular flexibility index (Phi) is 2.80. The van der Waals surface area contributed by atoms with Crippen LogP contribution in [0.4, 0.5) is 0 Å². The molecule has 0 saturated heterocycles. The zero-order valence-corrected chi connectivity index (χ0v) is 12.4. The first kappa shape index (κ1) is 12.3. The van der Waals surface area contributed by atoms with Crippen LogP contribution in [-0.4, -0.2) is 4.21 Å². The van der Waals surface area contributed by atoms with E-state index < -0.39 is 4.21 Å². The zero-order valence-electron chi connectivity index (χ0n) is 10.8. The third kappa shape index (κ3) is 1.85. The summed E-state index contributed by atoms with van der Waals surface area (Å²) in [5, 5.41) is 0.314. The molecule has 0 bridgehead atoms. The lowest BCUT2D eigenvalue weighted by Gasteiger charge is -2.30. The van der Waals surface area contributed by atoms with Gasteiger partial charge in [0.25, 0.3) is 0 Å². The van der Waals surface area contributed by atoms with Gasteiger partial charge in [-0.25, -0.2) is 0 Å². The average molecular weight is 297 g/mol. The van der Waals surface area contributed by atoms with Crippen LogP contribution >= 0.6 is 23.4 Å². The molecule has 0 spiro atoms. The van der Waals surface area contributed by atoms with E-state index in [-0.39, 0.29) is 0 Å². The van der Waals surface area contributed by atoms with Crippen molar-refractivity contribution in [1.29, 1.82) is 0 Å². The smallest absolute Gasteiger partial charge is 0.118 e. The maximum atomic E-state index is 6.92. The molecule has 1 aromatic carbocycles. The third-order valence-corrected chi connectivity index (χ3v) is 5.82. The van der Waals surface area contributed by atoms with Crippen molar-refractivity contribution in [3.8, 4) is 0 Å². The van der Waals surface area contributed by atoms with Crippen molar-refractivity contribution in [3.05, 3.63) is 89.1 Å². The Morgan fingerprint density at radius 1 is 1.05 bits per heavy atom. The Labute approximate surface area is 128 Å². The summed E-state index contributed by atoms with van der Waals surface area (Å²) < 4.78 is -0.472. The number of allylic oxidation sites excluding steroid dienone is 6. The monoisotopic (exact) mass is 296 g/mol. The summed E-state index contributed by atoms with van der Waals surface area (Å²) in [7, 11) is 0. The highest BCUT2D eigenvalue weighted by molar-refractivity contribution is 8.02. The van der Waals surface area contributed by atoms with E-state index in [1.54, 1.807) is 11.8 Å². The summed E-state index contributed by atoms with van der Waals surface area (Å²) in [4.78, 5) is 0. The van der Waals surface area contributed by atoms with Crippen LogP contribution in [-0.2, 0) is 0 Å². The van der Waals surface area contributed by atoms with Crippen LogP contribution < -0.4 is 0 Å². The second-order valence-corrected chi connectivity index (χ2v) is 7.30. The van der Waals surface area contributed by atoms with Crippen LogP contribution in [0.15, 0.2) is 77.9 Å². The number of hydrogen-bond donors (Lipinski definition) is 0. The Hall–Kier alpha value is -1.44. The molecule has 20 heavy (non-hydrogen) atoms. The summed E-state index contributed by atoms with van der Waals surface area (Å²) in [6.45, 7) is 0. The van der Waals surface area contributed by atoms with E-state index in [0.717, 1.165) is 0 Å². The largest absolute Gasteiger partial charge is 0.135 e. The van der Waals surface area contributed by atoms with E-state index in [0.29, 0.717) is 5.25 Å². The predicted octanol–water partition coefficient (Wildman–Crippen LogP) is 5.42. The standard InChI is InChI=1S/C18H13ClS/c19-18(12-4-7-14-6-3-9-16(14)18)20-17-11-10-13-5-1-2-8-15(13)17/h1-12,17H. The Balaban J connectivity index is 1.66. The molecule has 0 aromatic heterocycles. The molecular formula is C18H13ClS. The van der Waals surface area contributed by atoms with Gasteiger partial charge in [-0.3, -0.25) is 0 Å². The molecule has 2 heteroatoms. The number of halogens is 1. The highest BCUT2D eigenvalue weighted by Crippen LogP contribution is 2.53. The van der Waals surface area contributed by atoms with E-state index in [4.69, 9.17) is 11.6 Å². The van der Waals surface area contributed by atoms with Gasteiger partial charge >= 0.3 is 0 Å². The van der Waals surface area contributed by atoms with Crippen molar-refractivity contribution in [1.82, 2.24) is 0 Å². The average Bonchev–Trinajstić information content (AvgIpc) is 3.07. The summed E-state index contributed by atoms with van der Waals surface area (Å²) in [5.74, 6) is 0.